The molecular weight excluding hydrogens is 635 g/mol. The monoisotopic (exact) mass is 709 g/mol. The molecule has 0 bridgehead atoms. The van der Waals surface area contributed by atoms with Crippen molar-refractivity contribution >= 4 is 13.7 Å². The zero-order valence-corrected chi connectivity index (χ0v) is 32.8. The Morgan fingerprint density at radius 3 is 1.84 bits per heavy atom. The minimum atomic E-state index is -4.60. The summed E-state index contributed by atoms with van der Waals surface area (Å²) in [4.78, 5) is 25.1. The molecular formula is C40H73N2O6P. The van der Waals surface area contributed by atoms with Crippen molar-refractivity contribution in [2.24, 2.45) is 0 Å². The number of quaternary nitrogens is 1. The number of nitrogens with one attached hydrogen (secondary N) is 1. The minimum Gasteiger partial charge on any atom is -0.756 e. The molecule has 49 heavy (non-hydrogen) atoms. The van der Waals surface area contributed by atoms with E-state index in [1.54, 1.807) is 6.08 Å². The lowest BCUT2D eigenvalue weighted by atomic mass is 10.1. The Kier molecular flexibility index (Phi) is 31.0. The lowest BCUT2D eigenvalue weighted by Crippen LogP contribution is -2.45. The van der Waals surface area contributed by atoms with Gasteiger partial charge >= 0.3 is 0 Å². The van der Waals surface area contributed by atoms with E-state index < -0.39 is 26.6 Å². The molecule has 2 N–H and O–H groups in total. The molecule has 0 saturated carbocycles. The molecule has 0 radical (unpaired) electrons. The van der Waals surface area contributed by atoms with Crippen molar-refractivity contribution in [2.75, 3.05) is 40.9 Å². The Morgan fingerprint density at radius 2 is 1.24 bits per heavy atom. The number of unbranched alkanes of at least 4 members (excludes halogenated alkanes) is 12. The van der Waals surface area contributed by atoms with Crippen LogP contribution in [0.4, 0.5) is 0 Å². The average Bonchev–Trinajstić information content (AvgIpc) is 3.04. The van der Waals surface area contributed by atoms with Crippen LogP contribution in [0.1, 0.15) is 136 Å². The van der Waals surface area contributed by atoms with Gasteiger partial charge in [-0.2, -0.15) is 0 Å². The highest BCUT2D eigenvalue weighted by molar-refractivity contribution is 7.45. The Bertz CT molecular complexity index is 986. The van der Waals surface area contributed by atoms with Crippen molar-refractivity contribution < 1.29 is 32.9 Å². The molecule has 0 aromatic rings. The molecule has 0 aromatic carbocycles. The number of amides is 1. The molecule has 0 aliphatic carbocycles. The summed E-state index contributed by atoms with van der Waals surface area (Å²) in [6.45, 7) is 4.47. The third-order valence-corrected chi connectivity index (χ3v) is 8.87. The predicted molar refractivity (Wildman–Crippen MR) is 205 cm³/mol. The molecule has 9 heteroatoms. The van der Waals surface area contributed by atoms with E-state index in [0.29, 0.717) is 17.4 Å². The van der Waals surface area contributed by atoms with E-state index in [0.717, 1.165) is 77.0 Å². The van der Waals surface area contributed by atoms with Crippen LogP contribution < -0.4 is 10.2 Å². The van der Waals surface area contributed by atoms with Crippen molar-refractivity contribution in [2.45, 2.75) is 148 Å². The zero-order valence-electron chi connectivity index (χ0n) is 31.9. The van der Waals surface area contributed by atoms with Gasteiger partial charge in [-0.1, -0.05) is 120 Å². The van der Waals surface area contributed by atoms with Gasteiger partial charge in [0.05, 0.1) is 39.9 Å². The number of carbonyl (C=O) groups excluding carboxylic acids is 1. The molecule has 0 aromatic heterocycles. The number of phosphoric acid groups is 1. The van der Waals surface area contributed by atoms with Crippen LogP contribution in [0.25, 0.3) is 0 Å². The third-order valence-electron chi connectivity index (χ3n) is 7.91. The average molecular weight is 709 g/mol. The van der Waals surface area contributed by atoms with Gasteiger partial charge in [0.2, 0.25) is 5.91 Å². The van der Waals surface area contributed by atoms with Crippen molar-refractivity contribution in [3.05, 3.63) is 60.8 Å². The number of allylic oxidation sites excluding steroid dienone is 9. The van der Waals surface area contributed by atoms with Crippen LogP contribution in [0.2, 0.25) is 0 Å². The summed E-state index contributed by atoms with van der Waals surface area (Å²) in [6, 6.07) is -0.916. The Balaban J connectivity index is 4.60. The molecule has 0 fully saturated rings. The SMILES string of the molecule is CCC/C=C/CC/C=C/CC/C=C/C(O)C(COP(=O)([O-])OCC[N+](C)(C)C)NC(=O)CCCCCCC/C=C\C/C=C\CCCCCC. The number of aliphatic hydroxyl groups is 1. The molecule has 8 nitrogen and oxygen atoms in total. The quantitative estimate of drug-likeness (QED) is 0.0305. The molecule has 0 rings (SSSR count). The molecule has 0 aliphatic rings. The molecule has 0 saturated heterocycles. The van der Waals surface area contributed by atoms with E-state index in [1.165, 1.54) is 38.5 Å². The highest BCUT2D eigenvalue weighted by Gasteiger charge is 2.23. The van der Waals surface area contributed by atoms with Gasteiger partial charge in [-0.25, -0.2) is 0 Å². The molecule has 284 valence electrons. The van der Waals surface area contributed by atoms with Gasteiger partial charge in [-0.3, -0.25) is 9.36 Å². The van der Waals surface area contributed by atoms with Crippen molar-refractivity contribution in [3.8, 4) is 0 Å². The van der Waals surface area contributed by atoms with E-state index in [4.69, 9.17) is 9.05 Å². The van der Waals surface area contributed by atoms with E-state index in [-0.39, 0.29) is 12.5 Å². The number of hydrogen-bond donors (Lipinski definition) is 2. The zero-order chi connectivity index (χ0) is 36.5. The second-order valence-corrected chi connectivity index (χ2v) is 15.3. The smallest absolute Gasteiger partial charge is 0.268 e. The van der Waals surface area contributed by atoms with Gasteiger partial charge in [-0.15, -0.1) is 0 Å². The van der Waals surface area contributed by atoms with E-state index in [9.17, 15) is 19.4 Å². The number of rotatable bonds is 33. The summed E-state index contributed by atoms with van der Waals surface area (Å²) in [5, 5.41) is 13.6. The van der Waals surface area contributed by atoms with Crippen LogP contribution in [-0.4, -0.2) is 68.5 Å². The fourth-order valence-corrected chi connectivity index (χ4v) is 5.53. The van der Waals surface area contributed by atoms with Crippen LogP contribution in [0, 0.1) is 0 Å². The highest BCUT2D eigenvalue weighted by Crippen LogP contribution is 2.38. The Labute approximate surface area is 301 Å². The summed E-state index contributed by atoms with van der Waals surface area (Å²) < 4.78 is 23.0. The van der Waals surface area contributed by atoms with Crippen LogP contribution in [-0.2, 0) is 18.4 Å². The number of likely N-dealkylation sites (N-methyl/N-ethyl adjacent to an activating group) is 1. The fraction of sp³-hybridized carbons (Fsp3) is 0.725. The molecule has 0 heterocycles. The maximum absolute atomic E-state index is 12.8. The first kappa shape index (κ1) is 47.2. The van der Waals surface area contributed by atoms with Crippen LogP contribution >= 0.6 is 7.82 Å². The first-order valence-electron chi connectivity index (χ1n) is 19.2. The summed E-state index contributed by atoms with van der Waals surface area (Å²) in [5.74, 6) is -0.231. The second-order valence-electron chi connectivity index (χ2n) is 13.9. The van der Waals surface area contributed by atoms with Crippen LogP contribution in [0.5, 0.6) is 0 Å². The summed E-state index contributed by atoms with van der Waals surface area (Å²) in [6.07, 6.45) is 39.8. The standard InChI is InChI=1S/C40H73N2O6P/c1-6-8-10-12-14-16-18-19-20-21-22-24-26-28-30-32-34-40(44)41-38(37-48-49(45,46)47-36-35-42(3,4)5)39(43)33-31-29-27-25-23-17-15-13-11-9-7-2/h11,13,16,18,20-21,23,25,31,33,38-39,43H,6-10,12,14-15,17,19,22,24,26-30,32,34-37H2,1-5H3,(H-,41,44,45,46)/b13-11+,18-16-,21-20-,25-23+,33-31+. The number of nitrogens with zero attached hydrogens (tertiary/aromatic N) is 1. The van der Waals surface area contributed by atoms with E-state index >= 15 is 0 Å². The molecule has 1 amide bonds. The maximum atomic E-state index is 12.8. The van der Waals surface area contributed by atoms with Crippen molar-refractivity contribution in [1.82, 2.24) is 5.32 Å². The van der Waals surface area contributed by atoms with E-state index in [2.05, 4.69) is 67.8 Å². The number of phosphoric ester groups is 1. The Hall–Kier alpha value is -1.80. The molecule has 3 atom stereocenters. The van der Waals surface area contributed by atoms with Crippen molar-refractivity contribution in [3.63, 3.8) is 0 Å². The first-order valence-corrected chi connectivity index (χ1v) is 20.6. The first-order chi connectivity index (χ1) is 23.5. The van der Waals surface area contributed by atoms with Gasteiger partial charge in [0.25, 0.3) is 7.82 Å². The van der Waals surface area contributed by atoms with Crippen LogP contribution in [0.3, 0.4) is 0 Å². The normalized spacial score (nSPS) is 15.3. The summed E-state index contributed by atoms with van der Waals surface area (Å²) in [5.41, 5.74) is 0. The van der Waals surface area contributed by atoms with Gasteiger partial charge in [0, 0.05) is 6.42 Å². The molecule has 0 spiro atoms. The topological polar surface area (TPSA) is 108 Å². The van der Waals surface area contributed by atoms with Gasteiger partial charge in [0.1, 0.15) is 13.2 Å². The highest BCUT2D eigenvalue weighted by atomic mass is 31.2. The third kappa shape index (κ3) is 34.4. The largest absolute Gasteiger partial charge is 0.756 e. The lowest BCUT2D eigenvalue weighted by Gasteiger charge is -2.29. The van der Waals surface area contributed by atoms with Crippen molar-refractivity contribution in [1.29, 1.82) is 0 Å². The lowest BCUT2D eigenvalue weighted by molar-refractivity contribution is -0.870. The number of aliphatic hydroxyl groups excluding tert-OH is 1. The predicted octanol–water partition coefficient (Wildman–Crippen LogP) is 9.27. The number of carbonyl (C=O) groups is 1. The Morgan fingerprint density at radius 1 is 0.714 bits per heavy atom. The van der Waals surface area contributed by atoms with Crippen LogP contribution in [0.15, 0.2) is 60.8 Å². The minimum absolute atomic E-state index is 0.0147. The van der Waals surface area contributed by atoms with Gasteiger partial charge < -0.3 is 28.8 Å². The summed E-state index contributed by atoms with van der Waals surface area (Å²) in [7, 11) is 1.21. The number of hydrogen-bond acceptors (Lipinski definition) is 6. The van der Waals surface area contributed by atoms with E-state index in [1.807, 2.05) is 27.2 Å². The van der Waals surface area contributed by atoms with Gasteiger partial charge in [0.15, 0.2) is 0 Å². The fourth-order valence-electron chi connectivity index (χ4n) is 4.81. The second kappa shape index (κ2) is 32.1. The summed E-state index contributed by atoms with van der Waals surface area (Å²) >= 11 is 0. The van der Waals surface area contributed by atoms with Gasteiger partial charge in [-0.05, 0) is 70.6 Å². The maximum Gasteiger partial charge on any atom is 0.268 e. The molecule has 0 aliphatic heterocycles. The molecule has 3 unspecified atom stereocenters.